The molecule has 0 aromatic heterocycles. The van der Waals surface area contributed by atoms with Gasteiger partial charge in [0.15, 0.2) is 0 Å². The van der Waals surface area contributed by atoms with Crippen molar-refractivity contribution in [3.63, 3.8) is 0 Å². The maximum absolute atomic E-state index is 2.48. The zero-order chi connectivity index (χ0) is 48.5. The molecule has 340 valence electrons. The first-order valence-corrected chi connectivity index (χ1v) is 26.1. The molecule has 0 bridgehead atoms. The monoisotopic (exact) mass is 932 g/mol. The lowest BCUT2D eigenvalue weighted by atomic mass is 9.81. The SMILES string of the molecule is Cc1ccccc1-c1c2c(c(-c3ccccc3)c3cc4ccccc4cc13)-c1ccc3c4ccc5c6c(ccc(c7ccc-2c1c37)c64)-c1c-5c(-c2ccccc2C)c2cc3ccccc3cc2c1-c1ccccc1. The molecule has 15 aromatic rings. The fourth-order valence-electron chi connectivity index (χ4n) is 14.2. The minimum Gasteiger partial charge on any atom is -0.0622 e. The smallest absolute Gasteiger partial charge is 0.000730 e. The molecule has 0 N–H and O–H groups in total. The van der Waals surface area contributed by atoms with Gasteiger partial charge in [0.1, 0.15) is 0 Å². The minimum atomic E-state index is 1.24. The van der Waals surface area contributed by atoms with E-state index in [2.05, 4.69) is 244 Å². The molecule has 0 fully saturated rings. The molecule has 17 rings (SSSR count). The Kier molecular flexibility index (Phi) is 7.96. The van der Waals surface area contributed by atoms with Crippen molar-refractivity contribution < 1.29 is 0 Å². The van der Waals surface area contributed by atoms with Gasteiger partial charge in [-0.1, -0.05) is 206 Å². The summed E-state index contributed by atoms with van der Waals surface area (Å²) in [4.78, 5) is 0. The molecule has 0 saturated carbocycles. The van der Waals surface area contributed by atoms with E-state index in [1.54, 1.807) is 0 Å². The lowest BCUT2D eigenvalue weighted by Gasteiger charge is -2.22. The van der Waals surface area contributed by atoms with E-state index >= 15 is 0 Å². The zero-order valence-corrected chi connectivity index (χ0v) is 40.9. The second-order valence-electron chi connectivity index (χ2n) is 21.0. The summed E-state index contributed by atoms with van der Waals surface area (Å²) in [6.07, 6.45) is 0. The molecular weight excluding hydrogens is 889 g/mol. The van der Waals surface area contributed by atoms with Crippen molar-refractivity contribution in [3.05, 3.63) is 242 Å². The van der Waals surface area contributed by atoms with E-state index in [1.165, 1.54) is 186 Å². The maximum atomic E-state index is 2.48. The van der Waals surface area contributed by atoms with Gasteiger partial charge in [-0.3, -0.25) is 0 Å². The number of hydrogen-bond acceptors (Lipinski definition) is 0. The molecule has 0 spiro atoms. The van der Waals surface area contributed by atoms with Gasteiger partial charge >= 0.3 is 0 Å². The Balaban J connectivity index is 1.02. The average Bonchev–Trinajstić information content (AvgIpc) is 4.11. The van der Waals surface area contributed by atoms with Gasteiger partial charge in [0, 0.05) is 0 Å². The van der Waals surface area contributed by atoms with Crippen LogP contribution in [-0.4, -0.2) is 0 Å². The largest absolute Gasteiger partial charge is 0.0622 e. The summed E-state index contributed by atoms with van der Waals surface area (Å²) < 4.78 is 0. The minimum absolute atomic E-state index is 1.24. The van der Waals surface area contributed by atoms with Gasteiger partial charge in [-0.25, -0.2) is 0 Å². The molecule has 15 aromatic carbocycles. The van der Waals surface area contributed by atoms with E-state index in [1.807, 2.05) is 0 Å². The molecule has 0 nitrogen and oxygen atoms in total. The van der Waals surface area contributed by atoms with Crippen LogP contribution in [0, 0.1) is 13.8 Å². The van der Waals surface area contributed by atoms with Crippen LogP contribution in [0.2, 0.25) is 0 Å². The van der Waals surface area contributed by atoms with Gasteiger partial charge in [0.25, 0.3) is 0 Å². The summed E-state index contributed by atoms with van der Waals surface area (Å²) in [6.45, 7) is 4.55. The van der Waals surface area contributed by atoms with Crippen LogP contribution in [0.25, 0.3) is 175 Å². The highest BCUT2D eigenvalue weighted by atomic mass is 14.4. The van der Waals surface area contributed by atoms with Crippen LogP contribution in [0.3, 0.4) is 0 Å². The van der Waals surface area contributed by atoms with Crippen LogP contribution in [0.4, 0.5) is 0 Å². The van der Waals surface area contributed by atoms with Crippen LogP contribution in [0.15, 0.2) is 231 Å². The third-order valence-electron chi connectivity index (χ3n) is 17.3. The van der Waals surface area contributed by atoms with Gasteiger partial charge in [-0.05, 0) is 224 Å². The van der Waals surface area contributed by atoms with E-state index < -0.39 is 0 Å². The Morgan fingerprint density at radius 3 is 0.811 bits per heavy atom. The average molecular weight is 933 g/mol. The summed E-state index contributed by atoms with van der Waals surface area (Å²) in [7, 11) is 0. The molecule has 0 aliphatic heterocycles. The van der Waals surface area contributed by atoms with Crippen LogP contribution < -0.4 is 0 Å². The van der Waals surface area contributed by atoms with E-state index in [4.69, 9.17) is 0 Å². The Morgan fingerprint density at radius 2 is 0.473 bits per heavy atom. The van der Waals surface area contributed by atoms with Crippen molar-refractivity contribution in [3.8, 4) is 89.0 Å². The topological polar surface area (TPSA) is 0 Å². The van der Waals surface area contributed by atoms with Crippen molar-refractivity contribution in [1.29, 1.82) is 0 Å². The Bertz CT molecular complexity index is 4660. The van der Waals surface area contributed by atoms with Gasteiger partial charge < -0.3 is 0 Å². The van der Waals surface area contributed by atoms with Crippen molar-refractivity contribution >= 4 is 86.2 Å². The van der Waals surface area contributed by atoms with Gasteiger partial charge in [0.2, 0.25) is 0 Å². The first kappa shape index (κ1) is 40.3. The molecule has 0 radical (unpaired) electrons. The van der Waals surface area contributed by atoms with Crippen LogP contribution in [0.1, 0.15) is 11.1 Å². The Labute approximate surface area is 428 Å². The van der Waals surface area contributed by atoms with Crippen LogP contribution >= 0.6 is 0 Å². The normalized spacial score (nSPS) is 12.5. The van der Waals surface area contributed by atoms with Crippen LogP contribution in [-0.2, 0) is 0 Å². The van der Waals surface area contributed by atoms with Gasteiger partial charge in [-0.15, -0.1) is 0 Å². The summed E-state index contributed by atoms with van der Waals surface area (Å²) in [5.41, 5.74) is 23.5. The van der Waals surface area contributed by atoms with Crippen molar-refractivity contribution in [2.24, 2.45) is 0 Å². The molecule has 0 unspecified atom stereocenters. The standard InChI is InChI=1S/C74H44/c1-41-17-9-15-27-49(41)65-61-39-47-25-13-11-23-45(47)37-59(61)63(43-19-5-3-6-20-43)71-55-33-29-51-54-32-36-58-70-56(34-30-52(68(54)70)53-31-35-57(73(65)71)69(55)67(51)53)72-64(44-21-7-4-8-22-44)60-38-46-24-12-14-26-48(46)40-62(60)66(74(58)72)50-28-16-10-18-42(50)2/h3-40H,1-2H3. The van der Waals surface area contributed by atoms with E-state index in [0.29, 0.717) is 0 Å². The first-order chi connectivity index (χ1) is 36.6. The van der Waals surface area contributed by atoms with Gasteiger partial charge in [-0.2, -0.15) is 0 Å². The maximum Gasteiger partial charge on any atom is -0.000730 e. The fraction of sp³-hybridized carbons (Fsp3) is 0.0270. The van der Waals surface area contributed by atoms with Crippen molar-refractivity contribution in [2.45, 2.75) is 13.8 Å². The molecular formula is C74H44. The molecule has 0 saturated heterocycles. The predicted molar refractivity (Wildman–Crippen MR) is 318 cm³/mol. The number of benzene rings is 15. The fourth-order valence-corrected chi connectivity index (χ4v) is 14.2. The molecule has 0 atom stereocenters. The highest BCUT2D eigenvalue weighted by Gasteiger charge is 2.36. The Hall–Kier alpha value is -9.36. The predicted octanol–water partition coefficient (Wildman–Crippen LogP) is 20.9. The van der Waals surface area contributed by atoms with Crippen molar-refractivity contribution in [1.82, 2.24) is 0 Å². The van der Waals surface area contributed by atoms with Gasteiger partial charge in [0.05, 0.1) is 0 Å². The summed E-state index contributed by atoms with van der Waals surface area (Å²) in [5.74, 6) is 0. The zero-order valence-electron chi connectivity index (χ0n) is 40.9. The Morgan fingerprint density at radius 1 is 0.189 bits per heavy atom. The third-order valence-corrected chi connectivity index (χ3v) is 17.3. The lowest BCUT2D eigenvalue weighted by Crippen LogP contribution is -1.95. The number of aryl methyl sites for hydroxylation is 2. The third kappa shape index (κ3) is 5.17. The summed E-state index contributed by atoms with van der Waals surface area (Å²) >= 11 is 0. The number of hydrogen-bond donors (Lipinski definition) is 0. The van der Waals surface area contributed by atoms with Crippen LogP contribution in [0.5, 0.6) is 0 Å². The van der Waals surface area contributed by atoms with Crippen molar-refractivity contribution in [2.75, 3.05) is 0 Å². The lowest BCUT2D eigenvalue weighted by molar-refractivity contribution is 1.47. The van der Waals surface area contributed by atoms with E-state index in [-0.39, 0.29) is 0 Å². The summed E-state index contributed by atoms with van der Waals surface area (Å²) in [5, 5.41) is 20.9. The highest BCUT2D eigenvalue weighted by molar-refractivity contribution is 6.42. The van der Waals surface area contributed by atoms with E-state index in [9.17, 15) is 0 Å². The summed E-state index contributed by atoms with van der Waals surface area (Å²) in [6, 6.07) is 87.7. The molecule has 0 amide bonds. The molecule has 0 heteroatoms. The quantitative estimate of drug-likeness (QED) is 0.122. The molecule has 2 aliphatic carbocycles. The second-order valence-corrected chi connectivity index (χ2v) is 21.0. The highest BCUT2D eigenvalue weighted by Crippen LogP contribution is 2.63. The number of fused-ring (bicyclic) bond motifs is 12. The molecule has 0 heterocycles. The molecule has 2 aliphatic rings. The molecule has 74 heavy (non-hydrogen) atoms. The number of rotatable bonds is 4. The first-order valence-electron chi connectivity index (χ1n) is 26.1. The van der Waals surface area contributed by atoms with E-state index in [0.717, 1.165) is 0 Å². The second kappa shape index (κ2) is 14.6.